The number of sulfonamides is 1. The van der Waals surface area contributed by atoms with E-state index in [0.29, 0.717) is 6.54 Å². The Balaban J connectivity index is 1.97. The summed E-state index contributed by atoms with van der Waals surface area (Å²) in [5.74, 6) is -1.34. The second-order valence-electron chi connectivity index (χ2n) is 10.0. The number of hydrogen-bond donors (Lipinski definition) is 1. The van der Waals surface area contributed by atoms with Gasteiger partial charge in [0.2, 0.25) is 21.8 Å². The molecule has 0 spiro atoms. The van der Waals surface area contributed by atoms with Crippen LogP contribution in [0.2, 0.25) is 0 Å². The zero-order valence-corrected chi connectivity index (χ0v) is 23.6. The van der Waals surface area contributed by atoms with Crippen LogP contribution in [0.25, 0.3) is 0 Å². The third-order valence-electron chi connectivity index (χ3n) is 6.34. The van der Waals surface area contributed by atoms with Gasteiger partial charge in [-0.15, -0.1) is 0 Å². The summed E-state index contributed by atoms with van der Waals surface area (Å²) in [6.45, 7) is 5.44. The van der Waals surface area contributed by atoms with Crippen molar-refractivity contribution in [1.82, 2.24) is 14.5 Å². The maximum atomic E-state index is 14.7. The lowest BCUT2D eigenvalue weighted by Crippen LogP contribution is -2.53. The molecule has 0 aliphatic heterocycles. The third-order valence-corrected chi connectivity index (χ3v) is 8.16. The molecule has 0 bridgehead atoms. The average molecular weight is 554 g/mol. The van der Waals surface area contributed by atoms with Crippen molar-refractivity contribution in [3.05, 3.63) is 101 Å². The van der Waals surface area contributed by atoms with Crippen LogP contribution in [-0.2, 0) is 32.6 Å². The molecule has 7 nitrogen and oxygen atoms in total. The normalized spacial score (nSPS) is 12.4. The highest BCUT2D eigenvalue weighted by Gasteiger charge is 2.33. The summed E-state index contributed by atoms with van der Waals surface area (Å²) in [5.41, 5.74) is 1.94. The Kier molecular flexibility index (Phi) is 10.4. The first-order chi connectivity index (χ1) is 18.5. The Hall–Kier alpha value is -3.56. The largest absolute Gasteiger partial charge is 0.354 e. The number of rotatable bonds is 12. The molecule has 3 aromatic rings. The molecule has 2 amide bonds. The lowest BCUT2D eigenvalue weighted by Gasteiger charge is -2.33. The smallest absolute Gasteiger partial charge is 0.243 e. The summed E-state index contributed by atoms with van der Waals surface area (Å²) in [6.07, 6.45) is 0.180. The van der Waals surface area contributed by atoms with E-state index in [1.54, 1.807) is 30.3 Å². The molecule has 0 unspecified atom stereocenters. The van der Waals surface area contributed by atoms with Gasteiger partial charge >= 0.3 is 0 Å². The van der Waals surface area contributed by atoms with Crippen LogP contribution in [0.15, 0.2) is 83.8 Å². The number of halogens is 1. The second kappa shape index (κ2) is 13.5. The predicted molar refractivity (Wildman–Crippen MR) is 150 cm³/mol. The summed E-state index contributed by atoms with van der Waals surface area (Å²) in [5, 5.41) is 2.89. The van der Waals surface area contributed by atoms with Gasteiger partial charge in [0, 0.05) is 32.1 Å². The topological polar surface area (TPSA) is 86.8 Å². The van der Waals surface area contributed by atoms with Gasteiger partial charge in [-0.3, -0.25) is 9.59 Å². The molecule has 0 aliphatic rings. The van der Waals surface area contributed by atoms with Crippen LogP contribution in [-0.4, -0.2) is 55.6 Å². The minimum absolute atomic E-state index is 0.0552. The lowest BCUT2D eigenvalue weighted by molar-refractivity contribution is -0.141. The quantitative estimate of drug-likeness (QED) is 0.365. The Labute approximate surface area is 230 Å². The number of carbonyl (C=O) groups is 2. The Bertz CT molecular complexity index is 1360. The fourth-order valence-corrected chi connectivity index (χ4v) is 5.16. The fourth-order valence-electron chi connectivity index (χ4n) is 4.04. The van der Waals surface area contributed by atoms with Crippen molar-refractivity contribution in [1.29, 1.82) is 0 Å². The monoisotopic (exact) mass is 553 g/mol. The van der Waals surface area contributed by atoms with Crippen LogP contribution >= 0.6 is 0 Å². The van der Waals surface area contributed by atoms with Crippen molar-refractivity contribution in [3.63, 3.8) is 0 Å². The van der Waals surface area contributed by atoms with Gasteiger partial charge in [-0.2, -0.15) is 4.31 Å². The van der Waals surface area contributed by atoms with Gasteiger partial charge in [0.15, 0.2) is 0 Å². The minimum atomic E-state index is -3.98. The molecule has 9 heteroatoms. The Morgan fingerprint density at radius 1 is 0.923 bits per heavy atom. The van der Waals surface area contributed by atoms with E-state index in [0.717, 1.165) is 15.4 Å². The highest BCUT2D eigenvalue weighted by molar-refractivity contribution is 7.89. The molecule has 0 fully saturated rings. The summed E-state index contributed by atoms with van der Waals surface area (Å²) in [4.78, 5) is 28.6. The first kappa shape index (κ1) is 30.0. The van der Waals surface area contributed by atoms with E-state index >= 15 is 0 Å². The molecule has 0 aliphatic carbocycles. The molecular weight excluding hydrogens is 517 g/mol. The maximum absolute atomic E-state index is 14.7. The summed E-state index contributed by atoms with van der Waals surface area (Å²) in [6, 6.07) is 20.6. The zero-order valence-electron chi connectivity index (χ0n) is 22.8. The van der Waals surface area contributed by atoms with E-state index in [-0.39, 0.29) is 35.2 Å². The van der Waals surface area contributed by atoms with Gasteiger partial charge in [0.05, 0.1) is 11.4 Å². The highest BCUT2D eigenvalue weighted by Crippen LogP contribution is 2.19. The SMILES string of the molecule is Cc1ccc(S(=O)(=O)N(C)CC(=O)N(Cc2ccccc2F)[C@@H](Cc2ccccc2)C(=O)NCC(C)C)cc1. The molecule has 0 heterocycles. The highest BCUT2D eigenvalue weighted by atomic mass is 32.2. The number of hydrogen-bond acceptors (Lipinski definition) is 4. The summed E-state index contributed by atoms with van der Waals surface area (Å²) < 4.78 is 42.1. The average Bonchev–Trinajstić information content (AvgIpc) is 2.91. The lowest BCUT2D eigenvalue weighted by atomic mass is 10.0. The summed E-state index contributed by atoms with van der Waals surface area (Å²) in [7, 11) is -2.66. The molecule has 0 saturated heterocycles. The molecule has 3 rings (SSSR count). The van der Waals surface area contributed by atoms with Gasteiger partial charge in [-0.1, -0.05) is 80.1 Å². The molecule has 208 valence electrons. The van der Waals surface area contributed by atoms with Crippen LogP contribution in [0.3, 0.4) is 0 Å². The molecule has 0 radical (unpaired) electrons. The molecule has 0 aromatic heterocycles. The van der Waals surface area contributed by atoms with Gasteiger partial charge in [0.1, 0.15) is 11.9 Å². The second-order valence-corrected chi connectivity index (χ2v) is 12.1. The van der Waals surface area contributed by atoms with E-state index in [1.165, 1.54) is 30.1 Å². The third kappa shape index (κ3) is 8.21. The first-order valence-electron chi connectivity index (χ1n) is 12.9. The van der Waals surface area contributed by atoms with Gasteiger partial charge in [-0.05, 0) is 36.6 Å². The predicted octanol–water partition coefficient (Wildman–Crippen LogP) is 4.17. The van der Waals surface area contributed by atoms with Crippen molar-refractivity contribution in [3.8, 4) is 0 Å². The zero-order chi connectivity index (χ0) is 28.6. The fraction of sp³-hybridized carbons (Fsp3) is 0.333. The molecular formula is C30H36FN3O4S. The summed E-state index contributed by atoms with van der Waals surface area (Å²) >= 11 is 0. The van der Waals surface area contributed by atoms with E-state index in [9.17, 15) is 22.4 Å². The molecule has 0 saturated carbocycles. The Morgan fingerprint density at radius 2 is 1.54 bits per heavy atom. The van der Waals surface area contributed by atoms with E-state index in [1.807, 2.05) is 51.1 Å². The van der Waals surface area contributed by atoms with E-state index in [2.05, 4.69) is 5.32 Å². The van der Waals surface area contributed by atoms with Crippen LogP contribution in [0, 0.1) is 18.7 Å². The molecule has 39 heavy (non-hydrogen) atoms. The van der Waals surface area contributed by atoms with Crippen molar-refractivity contribution < 1.29 is 22.4 Å². The molecule has 1 N–H and O–H groups in total. The molecule has 3 aromatic carbocycles. The number of benzene rings is 3. The van der Waals surface area contributed by atoms with Crippen molar-refractivity contribution in [2.24, 2.45) is 5.92 Å². The standard InChI is InChI=1S/C30H36FN3O4S/c1-22(2)19-32-30(36)28(18-24-10-6-5-7-11-24)34(20-25-12-8-9-13-27(25)31)29(35)21-33(4)39(37,38)26-16-14-23(3)15-17-26/h5-17,22,28H,18-21H2,1-4H3,(H,32,36)/t28-/m0/s1. The minimum Gasteiger partial charge on any atom is -0.354 e. The number of likely N-dealkylation sites (N-methyl/N-ethyl adjacent to an activating group) is 1. The number of carbonyl (C=O) groups excluding carboxylic acids is 2. The van der Waals surface area contributed by atoms with E-state index < -0.39 is 34.3 Å². The van der Waals surface area contributed by atoms with Crippen molar-refractivity contribution in [2.75, 3.05) is 20.1 Å². The van der Waals surface area contributed by atoms with Crippen LogP contribution in [0.4, 0.5) is 4.39 Å². The van der Waals surface area contributed by atoms with Crippen LogP contribution in [0.1, 0.15) is 30.5 Å². The van der Waals surface area contributed by atoms with Gasteiger partial charge < -0.3 is 10.2 Å². The van der Waals surface area contributed by atoms with Crippen LogP contribution < -0.4 is 5.32 Å². The van der Waals surface area contributed by atoms with Crippen LogP contribution in [0.5, 0.6) is 0 Å². The number of aryl methyl sites for hydroxylation is 1. The van der Waals surface area contributed by atoms with Crippen molar-refractivity contribution >= 4 is 21.8 Å². The molecule has 1 atom stereocenters. The van der Waals surface area contributed by atoms with Gasteiger partial charge in [-0.25, -0.2) is 12.8 Å². The van der Waals surface area contributed by atoms with Gasteiger partial charge in [0.25, 0.3) is 0 Å². The number of amides is 2. The van der Waals surface area contributed by atoms with E-state index in [4.69, 9.17) is 0 Å². The first-order valence-corrected chi connectivity index (χ1v) is 14.3. The van der Waals surface area contributed by atoms with Crippen molar-refractivity contribution in [2.45, 2.75) is 44.7 Å². The number of nitrogens with zero attached hydrogens (tertiary/aromatic N) is 2. The number of nitrogens with one attached hydrogen (secondary N) is 1. The Morgan fingerprint density at radius 3 is 2.15 bits per heavy atom. The maximum Gasteiger partial charge on any atom is 0.243 e.